The van der Waals surface area contributed by atoms with E-state index in [1.54, 1.807) is 47.3 Å². The van der Waals surface area contributed by atoms with Gasteiger partial charge in [-0.2, -0.15) is 0 Å². The van der Waals surface area contributed by atoms with Crippen molar-refractivity contribution in [3.63, 3.8) is 0 Å². The summed E-state index contributed by atoms with van der Waals surface area (Å²) < 4.78 is 68.6. The number of nitrogens with zero attached hydrogens (tertiary/aromatic N) is 6. The molecule has 25 heteroatoms. The Kier molecular flexibility index (Phi) is 24.5. The molecule has 5 heterocycles. The van der Waals surface area contributed by atoms with Gasteiger partial charge in [0.05, 0.1) is 49.8 Å². The number of carbonyl (C=O) groups excluding carboxylic acids is 4. The third-order valence-corrected chi connectivity index (χ3v) is 19.8. The monoisotopic (exact) mass is 1270 g/mol. The molecule has 6 N–H and O–H groups in total. The highest BCUT2D eigenvalue weighted by atomic mass is 19.3. The number of nitrogens with one attached hydrogen (secondary N) is 2. The molecular formula is C66H95B3F4N8O10. The van der Waals surface area contributed by atoms with Crippen molar-refractivity contribution in [2.75, 3.05) is 52.4 Å². The molecule has 8 aliphatic rings. The zero-order valence-corrected chi connectivity index (χ0v) is 54.6. The zero-order valence-electron chi connectivity index (χ0n) is 54.6. The van der Waals surface area contributed by atoms with Crippen LogP contribution in [0.25, 0.3) is 9.69 Å². The van der Waals surface area contributed by atoms with Gasteiger partial charge in [0.15, 0.2) is 0 Å². The Morgan fingerprint density at radius 2 is 1.18 bits per heavy atom. The molecule has 0 radical (unpaired) electrons. The molecule has 91 heavy (non-hydrogen) atoms. The minimum Gasteiger partial charge on any atom is -0.427 e. The molecule has 2 bridgehead atoms. The number of rotatable bonds is 20. The van der Waals surface area contributed by atoms with Gasteiger partial charge in [0, 0.05) is 76.0 Å². The van der Waals surface area contributed by atoms with Crippen LogP contribution in [-0.4, -0.2) is 184 Å². The van der Waals surface area contributed by atoms with Gasteiger partial charge in [-0.05, 0) is 138 Å². The third kappa shape index (κ3) is 19.5. The van der Waals surface area contributed by atoms with E-state index in [1.165, 1.54) is 12.2 Å². The van der Waals surface area contributed by atoms with Gasteiger partial charge in [-0.3, -0.25) is 29.0 Å². The average molecular weight is 1270 g/mol. The Morgan fingerprint density at radius 3 is 1.57 bits per heavy atom. The van der Waals surface area contributed by atoms with Gasteiger partial charge in [-0.15, -0.1) is 0 Å². The molecule has 5 saturated heterocycles. The molecule has 5 aliphatic heterocycles. The lowest BCUT2D eigenvalue weighted by molar-refractivity contribution is -0.199. The molecule has 2 aromatic rings. The van der Waals surface area contributed by atoms with Gasteiger partial charge in [-0.25, -0.2) is 27.3 Å². The van der Waals surface area contributed by atoms with Crippen molar-refractivity contribution in [1.82, 2.24) is 30.2 Å². The van der Waals surface area contributed by atoms with Gasteiger partial charge in [0.2, 0.25) is 23.2 Å². The van der Waals surface area contributed by atoms with E-state index in [9.17, 15) is 46.8 Å². The summed E-state index contributed by atoms with van der Waals surface area (Å²) in [6.45, 7) is 34.1. The summed E-state index contributed by atoms with van der Waals surface area (Å²) in [4.78, 5) is 66.3. The van der Waals surface area contributed by atoms with Crippen LogP contribution >= 0.6 is 0 Å². The summed E-state index contributed by atoms with van der Waals surface area (Å²) in [7, 11) is -3.40. The number of alkyl halides is 4. The SMILES string of the molecule is CC(C)CB(O)O.[C-]#[N+]C(=CC(C)(C)N1CCC(F)(F)C1)C(=O)N1CCC[C@@H](CC(=O)N[C@@H](Cc2ccccc2)B(O)O)C1.[C-]#[N+]C(=CC(C)(C)N1CCC(F)(F)C1)C(=O)N1CCC[C@@H](CC(=O)N[C@@H](Cc2ccccc2)B2O[C@@H]3C[C@@H]4C[C@@H](C4(C)C)[C@]3(C)O2)C1. The summed E-state index contributed by atoms with van der Waals surface area (Å²) >= 11 is 0. The third-order valence-electron chi connectivity index (χ3n) is 19.8. The molecule has 10 rings (SSSR count). The van der Waals surface area contributed by atoms with Crippen molar-refractivity contribution >= 4 is 45.0 Å². The molecule has 0 unspecified atom stereocenters. The lowest BCUT2D eigenvalue weighted by Gasteiger charge is -2.64. The summed E-state index contributed by atoms with van der Waals surface area (Å²) in [6, 6.07) is 19.2. The van der Waals surface area contributed by atoms with Crippen molar-refractivity contribution in [3.8, 4) is 0 Å². The van der Waals surface area contributed by atoms with Gasteiger partial charge in [0.25, 0.3) is 23.7 Å². The number of benzene rings is 2. The minimum absolute atomic E-state index is 0.00833. The molecule has 8 fully saturated rings. The van der Waals surface area contributed by atoms with Crippen molar-refractivity contribution in [2.24, 2.45) is 35.0 Å². The number of hydrogen-bond donors (Lipinski definition) is 6. The maximum absolute atomic E-state index is 13.9. The first-order valence-electron chi connectivity index (χ1n) is 32.4. The van der Waals surface area contributed by atoms with Crippen molar-refractivity contribution in [1.29, 1.82) is 0 Å². The van der Waals surface area contributed by atoms with E-state index in [-0.39, 0.29) is 110 Å². The average Bonchev–Trinajstić information content (AvgIpc) is 1.67. The quantitative estimate of drug-likeness (QED) is 0.0323. The van der Waals surface area contributed by atoms with Crippen LogP contribution in [-0.2, 0) is 41.3 Å². The van der Waals surface area contributed by atoms with Gasteiger partial charge >= 0.3 is 21.4 Å². The van der Waals surface area contributed by atoms with Gasteiger partial charge in [0.1, 0.15) is 0 Å². The summed E-state index contributed by atoms with van der Waals surface area (Å²) in [5.74, 6) is -6.91. The number of amides is 4. The maximum atomic E-state index is 13.9. The van der Waals surface area contributed by atoms with E-state index in [0.29, 0.717) is 63.0 Å². The van der Waals surface area contributed by atoms with E-state index in [4.69, 9.17) is 32.5 Å². The molecule has 8 atom stereocenters. The molecule has 0 aromatic heterocycles. The molecule has 0 spiro atoms. The first kappa shape index (κ1) is 72.8. The minimum atomic E-state index is -2.78. The normalized spacial score (nSPS) is 26.1. The summed E-state index contributed by atoms with van der Waals surface area (Å²) in [6.07, 6.45) is 9.19. The number of piperidine rings is 2. The Hall–Kier alpha value is -5.63. The standard InChI is InChI=1S/C36H49BF2N4O4.C26H35BF2N4O4.C4H11BO2/c1-33(2,43-16-14-36(38,39)23-43)21-27(40-6)32(45)42-15-10-13-25(22-42)18-31(44)41-30(17-24-11-8-7-9-12-24)37-46-29-20-26-19-28(34(26,3)4)35(29,5)47-37;1-25(2,33-13-11-26(28,29)18-33)16-21(30-3)24(35)32-12-7-10-20(17-32)15-23(34)31-22(27(36)37)14-19-8-5-4-6-9-19;1-4(2)3-5(6)7/h7-9,11-12,21,25-26,28-30H,10,13-20,22-23H2,1-5H3,(H,41,44);4-6,8-9,16,20,22,36-37H,7,10-15,17-18H2,1-2H3,(H,31,34);4,6-7H,3H2,1-2H3/t25-,26-,28-,29+,30-,35-;20-,22-;/m00./s1. The number of likely N-dealkylation sites (tertiary alicyclic amines) is 4. The highest BCUT2D eigenvalue weighted by Crippen LogP contribution is 2.66. The Morgan fingerprint density at radius 1 is 0.714 bits per heavy atom. The lowest BCUT2D eigenvalue weighted by Crippen LogP contribution is -2.65. The van der Waals surface area contributed by atoms with Crippen LogP contribution in [0.15, 0.2) is 84.2 Å². The van der Waals surface area contributed by atoms with Crippen LogP contribution in [0.5, 0.6) is 0 Å². The Balaban J connectivity index is 0.000000240. The van der Waals surface area contributed by atoms with E-state index < -0.39 is 75.1 Å². The second-order valence-electron chi connectivity index (χ2n) is 28.7. The topological polar surface area (TPSA) is 213 Å². The largest absolute Gasteiger partial charge is 0.482 e. The first-order chi connectivity index (χ1) is 42.6. The number of hydrogen-bond acceptors (Lipinski definition) is 12. The van der Waals surface area contributed by atoms with Gasteiger partial charge in [-0.1, -0.05) is 101 Å². The van der Waals surface area contributed by atoms with Crippen LogP contribution in [0.3, 0.4) is 0 Å². The van der Waals surface area contributed by atoms with E-state index in [0.717, 1.165) is 36.8 Å². The zero-order chi connectivity index (χ0) is 66.9. The van der Waals surface area contributed by atoms with Crippen molar-refractivity contribution < 1.29 is 66.1 Å². The smallest absolute Gasteiger partial charge is 0.427 e. The molecular weight excluding hydrogens is 1170 g/mol. The predicted octanol–water partition coefficient (Wildman–Crippen LogP) is 7.93. The van der Waals surface area contributed by atoms with E-state index in [2.05, 4.69) is 41.1 Å². The Labute approximate surface area is 537 Å². The summed E-state index contributed by atoms with van der Waals surface area (Å²) in [5.41, 5.74) is -0.159. The van der Waals surface area contributed by atoms with Crippen LogP contribution < -0.4 is 10.6 Å². The molecule has 3 aliphatic carbocycles. The second kappa shape index (κ2) is 30.6. The van der Waals surface area contributed by atoms with E-state index in [1.807, 2.05) is 74.5 Å². The van der Waals surface area contributed by atoms with Crippen LogP contribution in [0.2, 0.25) is 6.32 Å². The lowest BCUT2D eigenvalue weighted by atomic mass is 9.43. The first-order valence-corrected chi connectivity index (χ1v) is 32.4. The molecule has 4 amide bonds. The highest BCUT2D eigenvalue weighted by molar-refractivity contribution is 6.48. The van der Waals surface area contributed by atoms with Crippen LogP contribution in [0.1, 0.15) is 138 Å². The Bertz CT molecular complexity index is 2960. The van der Waals surface area contributed by atoms with Gasteiger partial charge < -0.3 is 49.8 Å². The van der Waals surface area contributed by atoms with Crippen LogP contribution in [0, 0.1) is 48.1 Å². The number of carbonyl (C=O) groups is 4. The van der Waals surface area contributed by atoms with Crippen LogP contribution in [0.4, 0.5) is 17.6 Å². The maximum Gasteiger partial charge on any atom is 0.482 e. The predicted molar refractivity (Wildman–Crippen MR) is 342 cm³/mol. The van der Waals surface area contributed by atoms with Crippen molar-refractivity contribution in [2.45, 2.75) is 192 Å². The fraction of sp³-hybridized carbons (Fsp3) is 0.667. The fourth-order valence-corrected chi connectivity index (χ4v) is 14.5. The fourth-order valence-electron chi connectivity index (χ4n) is 14.5. The number of halogens is 4. The summed E-state index contributed by atoms with van der Waals surface area (Å²) in [5, 5.41) is 42.0. The highest BCUT2D eigenvalue weighted by Gasteiger charge is 2.68. The molecule has 2 aromatic carbocycles. The molecule has 18 nitrogen and oxygen atoms in total. The molecule has 3 saturated carbocycles. The van der Waals surface area contributed by atoms with E-state index >= 15 is 0 Å². The molecule has 496 valence electrons. The van der Waals surface area contributed by atoms with Crippen molar-refractivity contribution in [3.05, 3.63) is 118 Å². The second-order valence-corrected chi connectivity index (χ2v) is 28.7.